The van der Waals surface area contributed by atoms with Crippen LogP contribution >= 0.6 is 0 Å². The maximum absolute atomic E-state index is 12.6. The predicted molar refractivity (Wildman–Crippen MR) is 104 cm³/mol. The van der Waals surface area contributed by atoms with Crippen molar-refractivity contribution >= 4 is 22.7 Å². The Labute approximate surface area is 158 Å². The highest BCUT2D eigenvalue weighted by Crippen LogP contribution is 2.19. The molecule has 27 heavy (non-hydrogen) atoms. The molecule has 0 saturated heterocycles. The van der Waals surface area contributed by atoms with Crippen LogP contribution in [0.2, 0.25) is 0 Å². The first-order valence-corrected chi connectivity index (χ1v) is 9.20. The average Bonchev–Trinajstić information content (AvgIpc) is 3.29. The summed E-state index contributed by atoms with van der Waals surface area (Å²) in [5.74, 6) is 0.404. The zero-order valence-corrected chi connectivity index (χ0v) is 15.6. The minimum Gasteiger partial charge on any atom is -0.469 e. The second-order valence-electron chi connectivity index (χ2n) is 6.93. The fraction of sp³-hybridized carbons (Fsp3) is 0.333. The number of nitrogens with one attached hydrogen (secondary N) is 3. The lowest BCUT2D eigenvalue weighted by Crippen LogP contribution is -2.49. The molecule has 0 bridgehead atoms. The van der Waals surface area contributed by atoms with Gasteiger partial charge in [-0.3, -0.25) is 9.59 Å². The van der Waals surface area contributed by atoms with Gasteiger partial charge in [-0.25, -0.2) is 0 Å². The lowest BCUT2D eigenvalue weighted by atomic mass is 10.0. The molecule has 6 nitrogen and oxygen atoms in total. The molecule has 3 N–H and O–H groups in total. The Kier molecular flexibility index (Phi) is 5.96. The number of para-hydroxylation sites is 1. The van der Waals surface area contributed by atoms with Crippen LogP contribution in [0.5, 0.6) is 0 Å². The molecule has 0 aliphatic rings. The Morgan fingerprint density at radius 2 is 1.93 bits per heavy atom. The molecule has 0 saturated carbocycles. The van der Waals surface area contributed by atoms with E-state index < -0.39 is 6.04 Å². The summed E-state index contributed by atoms with van der Waals surface area (Å²) in [5, 5.41) is 6.84. The summed E-state index contributed by atoms with van der Waals surface area (Å²) in [5.41, 5.74) is 2.01. The van der Waals surface area contributed by atoms with Crippen LogP contribution in [-0.2, 0) is 22.4 Å². The number of H-pyrrole nitrogens is 1. The summed E-state index contributed by atoms with van der Waals surface area (Å²) in [4.78, 5) is 28.2. The molecule has 3 rings (SSSR count). The number of hydrogen-bond donors (Lipinski definition) is 3. The van der Waals surface area contributed by atoms with Crippen LogP contribution in [0.1, 0.15) is 31.6 Å². The molecule has 6 heteroatoms. The SMILES string of the molecule is CC(C)NC(=O)[C@@H](Cc1c[nH]c2ccccc12)NC(=O)CCc1ccco1. The van der Waals surface area contributed by atoms with Gasteiger partial charge in [0, 0.05) is 42.4 Å². The number of aromatic amines is 1. The zero-order chi connectivity index (χ0) is 19.2. The van der Waals surface area contributed by atoms with E-state index in [2.05, 4.69) is 15.6 Å². The third-order valence-electron chi connectivity index (χ3n) is 4.36. The lowest BCUT2D eigenvalue weighted by Gasteiger charge is -2.20. The number of aryl methyl sites for hydroxylation is 1. The van der Waals surface area contributed by atoms with Gasteiger partial charge in [-0.2, -0.15) is 0 Å². The monoisotopic (exact) mass is 367 g/mol. The summed E-state index contributed by atoms with van der Waals surface area (Å²) in [6, 6.07) is 10.9. The van der Waals surface area contributed by atoms with Crippen molar-refractivity contribution in [1.29, 1.82) is 0 Å². The smallest absolute Gasteiger partial charge is 0.243 e. The molecule has 1 atom stereocenters. The number of fused-ring (bicyclic) bond motifs is 1. The zero-order valence-electron chi connectivity index (χ0n) is 15.6. The minimum atomic E-state index is -0.629. The molecule has 0 fully saturated rings. The largest absolute Gasteiger partial charge is 0.469 e. The number of hydrogen-bond acceptors (Lipinski definition) is 3. The van der Waals surface area contributed by atoms with Crippen LogP contribution in [0, 0.1) is 0 Å². The fourth-order valence-corrected chi connectivity index (χ4v) is 3.07. The number of carbonyl (C=O) groups excluding carboxylic acids is 2. The number of furan rings is 1. The Balaban J connectivity index is 1.70. The van der Waals surface area contributed by atoms with Crippen molar-refractivity contribution < 1.29 is 14.0 Å². The molecule has 0 radical (unpaired) electrons. The highest BCUT2D eigenvalue weighted by Gasteiger charge is 2.23. The molecular formula is C21H25N3O3. The Morgan fingerprint density at radius 1 is 1.11 bits per heavy atom. The Hall–Kier alpha value is -3.02. The first-order valence-electron chi connectivity index (χ1n) is 9.20. The summed E-state index contributed by atoms with van der Waals surface area (Å²) in [7, 11) is 0. The normalized spacial score (nSPS) is 12.3. The number of amides is 2. The molecule has 0 aliphatic carbocycles. The molecule has 0 unspecified atom stereocenters. The van der Waals surface area contributed by atoms with Crippen molar-refractivity contribution in [2.24, 2.45) is 0 Å². The predicted octanol–water partition coefficient (Wildman–Crippen LogP) is 2.95. The van der Waals surface area contributed by atoms with Gasteiger partial charge in [0.25, 0.3) is 0 Å². The minimum absolute atomic E-state index is 0.00277. The van der Waals surface area contributed by atoms with E-state index in [0.29, 0.717) is 12.8 Å². The highest BCUT2D eigenvalue weighted by molar-refractivity contribution is 5.89. The first-order chi connectivity index (χ1) is 13.0. The van der Waals surface area contributed by atoms with E-state index in [1.54, 1.807) is 12.3 Å². The summed E-state index contributed by atoms with van der Waals surface area (Å²) < 4.78 is 5.26. The molecule has 2 heterocycles. The molecule has 142 valence electrons. The summed E-state index contributed by atoms with van der Waals surface area (Å²) in [6.45, 7) is 3.80. The number of benzene rings is 1. The second-order valence-corrected chi connectivity index (χ2v) is 6.93. The maximum atomic E-state index is 12.6. The number of rotatable bonds is 8. The third-order valence-corrected chi connectivity index (χ3v) is 4.36. The third kappa shape index (κ3) is 5.00. The second kappa shape index (κ2) is 8.58. The standard InChI is InChI=1S/C21H25N3O3/c1-14(2)23-21(26)19(24-20(25)10-9-16-6-5-11-27-16)12-15-13-22-18-8-4-3-7-17(15)18/h3-8,11,13-14,19,22H,9-10,12H2,1-2H3,(H,23,26)(H,24,25)/t19-/m1/s1. The molecular weight excluding hydrogens is 342 g/mol. The van der Waals surface area contributed by atoms with Gasteiger partial charge in [0.05, 0.1) is 6.26 Å². The topological polar surface area (TPSA) is 87.1 Å². The Bertz CT molecular complexity index is 896. The molecule has 2 amide bonds. The van der Waals surface area contributed by atoms with Gasteiger partial charge in [0.15, 0.2) is 0 Å². The number of carbonyl (C=O) groups is 2. The van der Waals surface area contributed by atoms with Gasteiger partial charge in [0.2, 0.25) is 11.8 Å². The average molecular weight is 367 g/mol. The van der Waals surface area contributed by atoms with E-state index in [4.69, 9.17) is 4.42 Å². The molecule has 3 aromatic rings. The van der Waals surface area contributed by atoms with Crippen LogP contribution in [0.15, 0.2) is 53.3 Å². The van der Waals surface area contributed by atoms with Gasteiger partial charge < -0.3 is 20.0 Å². The van der Waals surface area contributed by atoms with Crippen molar-refractivity contribution in [3.05, 3.63) is 60.2 Å². The molecule has 1 aromatic carbocycles. The highest BCUT2D eigenvalue weighted by atomic mass is 16.3. The van der Waals surface area contributed by atoms with E-state index in [1.807, 2.05) is 50.4 Å². The molecule has 0 spiro atoms. The number of aromatic nitrogens is 1. The van der Waals surface area contributed by atoms with E-state index >= 15 is 0 Å². The van der Waals surface area contributed by atoms with Crippen LogP contribution in [0.4, 0.5) is 0 Å². The van der Waals surface area contributed by atoms with Crippen LogP contribution in [0.25, 0.3) is 10.9 Å². The van der Waals surface area contributed by atoms with Gasteiger partial charge >= 0.3 is 0 Å². The van der Waals surface area contributed by atoms with E-state index in [-0.39, 0.29) is 24.3 Å². The van der Waals surface area contributed by atoms with Crippen LogP contribution in [-0.4, -0.2) is 28.9 Å². The molecule has 2 aromatic heterocycles. The van der Waals surface area contributed by atoms with Gasteiger partial charge in [-0.1, -0.05) is 18.2 Å². The summed E-state index contributed by atoms with van der Waals surface area (Å²) >= 11 is 0. The first kappa shape index (κ1) is 18.8. The van der Waals surface area contributed by atoms with Crippen molar-refractivity contribution in [2.75, 3.05) is 0 Å². The van der Waals surface area contributed by atoms with Crippen LogP contribution < -0.4 is 10.6 Å². The van der Waals surface area contributed by atoms with E-state index in [1.165, 1.54) is 0 Å². The Morgan fingerprint density at radius 3 is 2.67 bits per heavy atom. The van der Waals surface area contributed by atoms with E-state index in [0.717, 1.165) is 22.2 Å². The maximum Gasteiger partial charge on any atom is 0.243 e. The van der Waals surface area contributed by atoms with Gasteiger partial charge in [-0.05, 0) is 37.6 Å². The van der Waals surface area contributed by atoms with E-state index in [9.17, 15) is 9.59 Å². The van der Waals surface area contributed by atoms with Crippen molar-refractivity contribution in [3.63, 3.8) is 0 Å². The van der Waals surface area contributed by atoms with Crippen molar-refractivity contribution in [1.82, 2.24) is 15.6 Å². The fourth-order valence-electron chi connectivity index (χ4n) is 3.07. The van der Waals surface area contributed by atoms with Crippen molar-refractivity contribution in [3.8, 4) is 0 Å². The van der Waals surface area contributed by atoms with Gasteiger partial charge in [0.1, 0.15) is 11.8 Å². The summed E-state index contributed by atoms with van der Waals surface area (Å²) in [6.07, 6.45) is 4.69. The van der Waals surface area contributed by atoms with Gasteiger partial charge in [-0.15, -0.1) is 0 Å². The quantitative estimate of drug-likeness (QED) is 0.572. The molecule has 0 aliphatic heterocycles. The van der Waals surface area contributed by atoms with Crippen LogP contribution in [0.3, 0.4) is 0 Å². The lowest BCUT2D eigenvalue weighted by molar-refractivity contribution is -0.129. The van der Waals surface area contributed by atoms with Crippen molar-refractivity contribution in [2.45, 2.75) is 45.2 Å².